The fraction of sp³-hybridized carbons (Fsp3) is 0.348. The zero-order chi connectivity index (χ0) is 24.5. The molecule has 0 aromatic carbocycles. The van der Waals surface area contributed by atoms with Crippen LogP contribution in [-0.2, 0) is 9.53 Å². The summed E-state index contributed by atoms with van der Waals surface area (Å²) < 4.78 is 20.5. The van der Waals surface area contributed by atoms with Crippen LogP contribution in [-0.4, -0.2) is 61.3 Å². The van der Waals surface area contributed by atoms with E-state index in [1.807, 2.05) is 33.7 Å². The fourth-order valence-corrected chi connectivity index (χ4v) is 4.06. The van der Waals surface area contributed by atoms with Crippen molar-refractivity contribution < 1.29 is 13.9 Å². The van der Waals surface area contributed by atoms with Crippen LogP contribution in [0.4, 0.5) is 27.8 Å². The maximum Gasteiger partial charge on any atom is 0.247 e. The number of carbonyl (C=O) groups excluding carboxylic acids is 1. The van der Waals surface area contributed by atoms with Crippen molar-refractivity contribution in [3.05, 3.63) is 54.4 Å². The third-order valence-electron chi connectivity index (χ3n) is 5.99. The molecule has 0 unspecified atom stereocenters. The van der Waals surface area contributed by atoms with Gasteiger partial charge in [0.25, 0.3) is 0 Å². The Bertz CT molecular complexity index is 1330. The number of amides is 1. The second-order valence-corrected chi connectivity index (χ2v) is 8.69. The molecule has 4 aromatic rings. The van der Waals surface area contributed by atoms with Gasteiger partial charge in [0.15, 0.2) is 5.82 Å². The summed E-state index contributed by atoms with van der Waals surface area (Å²) in [7, 11) is 1.61. The monoisotopic (exact) mass is 479 g/mol. The SMILES string of the molecule is CO[C@H]1C[C@@H](C(=O)Nc2ccc(F)nc2)N(c2nc(Nc3cc(C(C)C)[nH]n3)n3cccc3n2)C1. The van der Waals surface area contributed by atoms with Gasteiger partial charge >= 0.3 is 0 Å². The van der Waals surface area contributed by atoms with Gasteiger partial charge in [0, 0.05) is 38.0 Å². The van der Waals surface area contributed by atoms with Gasteiger partial charge in [-0.15, -0.1) is 0 Å². The molecule has 1 saturated heterocycles. The van der Waals surface area contributed by atoms with Crippen LogP contribution < -0.4 is 15.5 Å². The van der Waals surface area contributed by atoms with Crippen molar-refractivity contribution in [1.82, 2.24) is 29.5 Å². The van der Waals surface area contributed by atoms with Crippen LogP contribution in [0, 0.1) is 5.95 Å². The number of hydrogen-bond donors (Lipinski definition) is 3. The number of pyridine rings is 1. The van der Waals surface area contributed by atoms with Crippen molar-refractivity contribution in [2.75, 3.05) is 29.2 Å². The third kappa shape index (κ3) is 4.64. The van der Waals surface area contributed by atoms with Gasteiger partial charge in [-0.25, -0.2) is 4.98 Å². The molecule has 0 spiro atoms. The summed E-state index contributed by atoms with van der Waals surface area (Å²) >= 11 is 0. The molecule has 182 valence electrons. The van der Waals surface area contributed by atoms with Crippen LogP contribution in [0.15, 0.2) is 42.7 Å². The normalized spacial score (nSPS) is 17.9. The highest BCUT2D eigenvalue weighted by molar-refractivity contribution is 5.97. The Balaban J connectivity index is 1.45. The van der Waals surface area contributed by atoms with E-state index in [9.17, 15) is 9.18 Å². The summed E-state index contributed by atoms with van der Waals surface area (Å²) in [5.41, 5.74) is 2.07. The van der Waals surface area contributed by atoms with E-state index in [4.69, 9.17) is 9.72 Å². The highest BCUT2D eigenvalue weighted by Gasteiger charge is 2.39. The average Bonchev–Trinajstić information content (AvgIpc) is 3.59. The lowest BCUT2D eigenvalue weighted by atomic mass is 10.1. The predicted molar refractivity (Wildman–Crippen MR) is 128 cm³/mol. The molecule has 4 aromatic heterocycles. The molecule has 2 atom stereocenters. The Morgan fingerprint density at radius 1 is 1.29 bits per heavy atom. The van der Waals surface area contributed by atoms with E-state index >= 15 is 0 Å². The molecule has 5 heterocycles. The molecule has 5 rings (SSSR count). The number of fused-ring (bicyclic) bond motifs is 1. The van der Waals surface area contributed by atoms with Crippen molar-refractivity contribution >= 4 is 35.0 Å². The second-order valence-electron chi connectivity index (χ2n) is 8.69. The molecule has 0 bridgehead atoms. The van der Waals surface area contributed by atoms with Gasteiger partial charge in [-0.1, -0.05) is 13.8 Å². The van der Waals surface area contributed by atoms with Crippen LogP contribution in [0.1, 0.15) is 31.9 Å². The van der Waals surface area contributed by atoms with Gasteiger partial charge in [-0.05, 0) is 30.2 Å². The molecule has 1 aliphatic rings. The number of carbonyl (C=O) groups is 1. The Morgan fingerprint density at radius 2 is 2.14 bits per heavy atom. The van der Waals surface area contributed by atoms with Crippen LogP contribution in [0.25, 0.3) is 5.65 Å². The number of H-pyrrole nitrogens is 1. The second kappa shape index (κ2) is 9.29. The standard InChI is InChI=1S/C23H26FN9O2/c1-13(2)16-10-19(31-30-16)27-22-29-23(28-20-5-4-8-32(20)22)33-12-15(35-3)9-17(33)21(34)26-14-6-7-18(24)25-11-14/h4-8,10-11,13,15,17H,9,12H2,1-3H3,(H,26,34)(H2,27,28,29,30,31)/t15-,17-/m0/s1. The lowest BCUT2D eigenvalue weighted by Crippen LogP contribution is -2.40. The van der Waals surface area contributed by atoms with Gasteiger partial charge in [0.05, 0.1) is 18.0 Å². The summed E-state index contributed by atoms with van der Waals surface area (Å²) in [5, 5.41) is 13.4. The average molecular weight is 480 g/mol. The maximum atomic E-state index is 13.2. The zero-order valence-corrected chi connectivity index (χ0v) is 19.6. The lowest BCUT2D eigenvalue weighted by Gasteiger charge is -2.24. The van der Waals surface area contributed by atoms with Crippen molar-refractivity contribution in [1.29, 1.82) is 0 Å². The largest absolute Gasteiger partial charge is 0.380 e. The van der Waals surface area contributed by atoms with Gasteiger partial charge < -0.3 is 20.3 Å². The first-order valence-electron chi connectivity index (χ1n) is 11.3. The summed E-state index contributed by atoms with van der Waals surface area (Å²) in [6.45, 7) is 4.60. The molecule has 0 saturated carbocycles. The summed E-state index contributed by atoms with van der Waals surface area (Å²) in [6.07, 6.45) is 3.40. The number of anilines is 4. The number of rotatable bonds is 7. The van der Waals surface area contributed by atoms with Crippen LogP contribution in [0.5, 0.6) is 0 Å². The number of aromatic nitrogens is 6. The number of aromatic amines is 1. The van der Waals surface area contributed by atoms with E-state index < -0.39 is 12.0 Å². The maximum absolute atomic E-state index is 13.2. The van der Waals surface area contributed by atoms with Crippen LogP contribution in [0.3, 0.4) is 0 Å². The highest BCUT2D eigenvalue weighted by atomic mass is 19.1. The molecule has 0 radical (unpaired) electrons. The Morgan fingerprint density at radius 3 is 2.86 bits per heavy atom. The number of halogens is 1. The van der Waals surface area contributed by atoms with Gasteiger partial charge in [-0.3, -0.25) is 14.3 Å². The first kappa shape index (κ1) is 22.7. The van der Waals surface area contributed by atoms with E-state index in [-0.39, 0.29) is 12.0 Å². The summed E-state index contributed by atoms with van der Waals surface area (Å²) in [4.78, 5) is 28.0. The molecular formula is C23H26FN9O2. The Labute approximate surface area is 200 Å². The molecule has 3 N–H and O–H groups in total. The molecule has 35 heavy (non-hydrogen) atoms. The number of nitrogens with zero attached hydrogens (tertiary/aromatic N) is 6. The molecule has 12 heteroatoms. The molecule has 0 aliphatic carbocycles. The Kier molecular flexibility index (Phi) is 6.03. The van der Waals surface area contributed by atoms with E-state index in [1.165, 1.54) is 18.3 Å². The van der Waals surface area contributed by atoms with Gasteiger partial charge in [-0.2, -0.15) is 19.5 Å². The first-order valence-corrected chi connectivity index (χ1v) is 11.3. The number of methoxy groups -OCH3 is 1. The topological polar surface area (TPSA) is 125 Å². The minimum Gasteiger partial charge on any atom is -0.380 e. The first-order chi connectivity index (χ1) is 16.9. The lowest BCUT2D eigenvalue weighted by molar-refractivity contribution is -0.117. The highest BCUT2D eigenvalue weighted by Crippen LogP contribution is 2.28. The minimum absolute atomic E-state index is 0.181. The van der Waals surface area contributed by atoms with Crippen molar-refractivity contribution in [3.8, 4) is 0 Å². The summed E-state index contributed by atoms with van der Waals surface area (Å²) in [5.74, 6) is 0.936. The van der Waals surface area contributed by atoms with E-state index in [1.54, 1.807) is 7.11 Å². The number of ether oxygens (including phenoxy) is 1. The van der Waals surface area contributed by atoms with Crippen molar-refractivity contribution in [2.45, 2.75) is 38.3 Å². The van der Waals surface area contributed by atoms with E-state index in [2.05, 4.69) is 44.6 Å². The quantitative estimate of drug-likeness (QED) is 0.345. The zero-order valence-electron chi connectivity index (χ0n) is 19.6. The molecule has 1 aliphatic heterocycles. The van der Waals surface area contributed by atoms with Gasteiger partial charge in [0.1, 0.15) is 11.7 Å². The number of hydrogen-bond acceptors (Lipinski definition) is 8. The minimum atomic E-state index is -0.615. The smallest absolute Gasteiger partial charge is 0.247 e. The van der Waals surface area contributed by atoms with Crippen LogP contribution in [0.2, 0.25) is 0 Å². The summed E-state index contributed by atoms with van der Waals surface area (Å²) in [6, 6.07) is 7.74. The van der Waals surface area contributed by atoms with E-state index in [0.29, 0.717) is 47.9 Å². The predicted octanol–water partition coefficient (Wildman–Crippen LogP) is 3.09. The molecular weight excluding hydrogens is 453 g/mol. The number of nitrogens with one attached hydrogen (secondary N) is 3. The van der Waals surface area contributed by atoms with Crippen LogP contribution >= 0.6 is 0 Å². The van der Waals surface area contributed by atoms with Crippen molar-refractivity contribution in [3.63, 3.8) is 0 Å². The Hall–Kier alpha value is -4.06. The molecule has 1 fully saturated rings. The molecule has 11 nitrogen and oxygen atoms in total. The van der Waals surface area contributed by atoms with Crippen molar-refractivity contribution in [2.24, 2.45) is 0 Å². The molecule has 1 amide bonds. The van der Waals surface area contributed by atoms with E-state index in [0.717, 1.165) is 5.69 Å². The van der Waals surface area contributed by atoms with Gasteiger partial charge in [0.2, 0.25) is 23.8 Å². The third-order valence-corrected chi connectivity index (χ3v) is 5.99. The fourth-order valence-electron chi connectivity index (χ4n) is 4.06.